The first-order valence-electron chi connectivity index (χ1n) is 8.08. The van der Waals surface area contributed by atoms with Crippen LogP contribution in [0.5, 0.6) is 0 Å². The number of aromatic nitrogens is 2. The molecule has 0 unspecified atom stereocenters. The predicted octanol–water partition coefficient (Wildman–Crippen LogP) is 2.86. The molecule has 0 saturated carbocycles. The van der Waals surface area contributed by atoms with E-state index in [9.17, 15) is 17.2 Å². The smallest absolute Gasteiger partial charge is 0.296 e. The van der Waals surface area contributed by atoms with Crippen LogP contribution in [0.25, 0.3) is 0 Å². The van der Waals surface area contributed by atoms with E-state index in [1.165, 1.54) is 11.2 Å². The van der Waals surface area contributed by atoms with Gasteiger partial charge in [-0.25, -0.2) is 13.1 Å². The number of halogens is 3. The number of piperazine rings is 1. The van der Waals surface area contributed by atoms with Gasteiger partial charge in [0, 0.05) is 37.2 Å². The van der Waals surface area contributed by atoms with Gasteiger partial charge in [0.1, 0.15) is 4.90 Å². The summed E-state index contributed by atoms with van der Waals surface area (Å²) in [6.45, 7) is 1.08. The van der Waals surface area contributed by atoms with Crippen LogP contribution in [0.2, 0.25) is 0 Å². The molecule has 1 fully saturated rings. The van der Waals surface area contributed by atoms with Crippen molar-refractivity contribution in [1.82, 2.24) is 19.0 Å². The Morgan fingerprint density at radius 3 is 2.50 bits per heavy atom. The molecular formula is C16H19BrF2N4O2S. The van der Waals surface area contributed by atoms with Gasteiger partial charge in [-0.2, -0.15) is 18.2 Å². The fourth-order valence-corrected chi connectivity index (χ4v) is 5.00. The van der Waals surface area contributed by atoms with Crippen molar-refractivity contribution in [1.29, 1.82) is 0 Å². The van der Waals surface area contributed by atoms with E-state index in [0.29, 0.717) is 30.9 Å². The standard InChI is InChI=1S/C16H19BrF2N4O2S/c1-12-15(11-23(20-12)16(18)19)26(24,25)22-7-5-21(6-8-22)10-13-3-2-4-14(17)9-13/h2-4,9,11,16H,5-8,10H2,1H3. The maximum absolute atomic E-state index is 12.8. The number of alkyl halides is 2. The molecule has 0 amide bonds. The molecule has 142 valence electrons. The van der Waals surface area contributed by atoms with Crippen LogP contribution in [0.3, 0.4) is 0 Å². The molecule has 0 bridgehead atoms. The second kappa shape index (κ2) is 7.71. The van der Waals surface area contributed by atoms with Crippen molar-refractivity contribution in [3.05, 3.63) is 46.2 Å². The Kier molecular flexibility index (Phi) is 5.75. The minimum Gasteiger partial charge on any atom is -0.296 e. The summed E-state index contributed by atoms with van der Waals surface area (Å²) in [5, 5.41) is 3.60. The number of nitrogens with zero attached hydrogens (tertiary/aromatic N) is 4. The van der Waals surface area contributed by atoms with Crippen LogP contribution in [0, 0.1) is 6.92 Å². The average Bonchev–Trinajstić information content (AvgIpc) is 2.98. The van der Waals surface area contributed by atoms with Crippen molar-refractivity contribution in [3.8, 4) is 0 Å². The lowest BCUT2D eigenvalue weighted by molar-refractivity contribution is 0.0561. The summed E-state index contributed by atoms with van der Waals surface area (Å²) in [5.41, 5.74) is 1.23. The Labute approximate surface area is 159 Å². The minimum atomic E-state index is -3.83. The van der Waals surface area contributed by atoms with Crippen LogP contribution >= 0.6 is 15.9 Å². The molecule has 26 heavy (non-hydrogen) atoms. The minimum absolute atomic E-state index is 0.0851. The molecule has 0 radical (unpaired) electrons. The second-order valence-corrected chi connectivity index (χ2v) is 8.97. The highest BCUT2D eigenvalue weighted by Gasteiger charge is 2.31. The van der Waals surface area contributed by atoms with Crippen LogP contribution in [-0.2, 0) is 16.6 Å². The zero-order valence-electron chi connectivity index (χ0n) is 14.1. The Morgan fingerprint density at radius 2 is 1.92 bits per heavy atom. The molecule has 0 N–H and O–H groups in total. The van der Waals surface area contributed by atoms with Crippen molar-refractivity contribution in [2.45, 2.75) is 24.9 Å². The first-order valence-corrected chi connectivity index (χ1v) is 10.3. The van der Waals surface area contributed by atoms with Gasteiger partial charge in [0.25, 0.3) is 0 Å². The van der Waals surface area contributed by atoms with E-state index in [1.807, 2.05) is 24.3 Å². The number of sulfonamides is 1. The average molecular weight is 449 g/mol. The van der Waals surface area contributed by atoms with E-state index < -0.39 is 16.6 Å². The lowest BCUT2D eigenvalue weighted by Gasteiger charge is -2.33. The summed E-state index contributed by atoms with van der Waals surface area (Å²) in [6.07, 6.45) is 0.906. The molecule has 0 spiro atoms. The van der Waals surface area contributed by atoms with E-state index in [1.54, 1.807) is 0 Å². The Morgan fingerprint density at radius 1 is 1.23 bits per heavy atom. The van der Waals surface area contributed by atoms with Crippen molar-refractivity contribution in [2.75, 3.05) is 26.2 Å². The van der Waals surface area contributed by atoms with Crippen molar-refractivity contribution in [3.63, 3.8) is 0 Å². The predicted molar refractivity (Wildman–Crippen MR) is 96.4 cm³/mol. The largest absolute Gasteiger partial charge is 0.333 e. The number of rotatable bonds is 5. The Bertz CT molecular complexity index is 880. The SMILES string of the molecule is Cc1nn(C(F)F)cc1S(=O)(=O)N1CCN(Cc2cccc(Br)c2)CC1. The molecule has 6 nitrogen and oxygen atoms in total. The molecule has 1 aliphatic rings. The first-order chi connectivity index (χ1) is 12.3. The van der Waals surface area contributed by atoms with Crippen molar-refractivity contribution in [2.24, 2.45) is 0 Å². The van der Waals surface area contributed by atoms with Crippen LogP contribution < -0.4 is 0 Å². The van der Waals surface area contributed by atoms with Gasteiger partial charge in [0.05, 0.1) is 11.9 Å². The van der Waals surface area contributed by atoms with E-state index in [-0.39, 0.29) is 10.6 Å². The highest BCUT2D eigenvalue weighted by atomic mass is 79.9. The third-order valence-corrected chi connectivity index (χ3v) is 6.81. The Balaban J connectivity index is 1.67. The van der Waals surface area contributed by atoms with Crippen LogP contribution in [0.15, 0.2) is 39.8 Å². The van der Waals surface area contributed by atoms with Gasteiger partial charge < -0.3 is 0 Å². The molecule has 0 aliphatic carbocycles. The summed E-state index contributed by atoms with van der Waals surface area (Å²) in [6, 6.07) is 7.97. The fraction of sp³-hybridized carbons (Fsp3) is 0.438. The number of aryl methyl sites for hydroxylation is 1. The van der Waals surface area contributed by atoms with Crippen LogP contribution in [0.4, 0.5) is 8.78 Å². The third kappa shape index (κ3) is 4.13. The van der Waals surface area contributed by atoms with E-state index in [0.717, 1.165) is 22.8 Å². The number of hydrogen-bond acceptors (Lipinski definition) is 4. The molecule has 2 heterocycles. The van der Waals surface area contributed by atoms with Gasteiger partial charge in [-0.1, -0.05) is 28.1 Å². The maximum Gasteiger partial charge on any atom is 0.333 e. The summed E-state index contributed by atoms with van der Waals surface area (Å²) in [7, 11) is -3.83. The zero-order chi connectivity index (χ0) is 18.9. The summed E-state index contributed by atoms with van der Waals surface area (Å²) >= 11 is 3.44. The molecule has 1 aliphatic heterocycles. The quantitative estimate of drug-likeness (QED) is 0.705. The molecule has 1 aromatic carbocycles. The molecule has 1 aromatic heterocycles. The summed E-state index contributed by atoms with van der Waals surface area (Å²) in [5.74, 6) is 0. The van der Waals surface area contributed by atoms with E-state index in [2.05, 4.69) is 25.9 Å². The maximum atomic E-state index is 12.8. The highest BCUT2D eigenvalue weighted by molar-refractivity contribution is 9.10. The van der Waals surface area contributed by atoms with Crippen LogP contribution in [-0.4, -0.2) is 53.6 Å². The van der Waals surface area contributed by atoms with E-state index in [4.69, 9.17) is 0 Å². The number of hydrogen-bond donors (Lipinski definition) is 0. The van der Waals surface area contributed by atoms with Gasteiger partial charge in [0.15, 0.2) is 0 Å². The highest BCUT2D eigenvalue weighted by Crippen LogP contribution is 2.23. The summed E-state index contributed by atoms with van der Waals surface area (Å²) < 4.78 is 53.8. The molecular weight excluding hydrogens is 430 g/mol. The zero-order valence-corrected chi connectivity index (χ0v) is 16.5. The molecule has 0 atom stereocenters. The third-order valence-electron chi connectivity index (χ3n) is 4.32. The van der Waals surface area contributed by atoms with Gasteiger partial charge in [-0.15, -0.1) is 0 Å². The van der Waals surface area contributed by atoms with Gasteiger partial charge >= 0.3 is 6.55 Å². The van der Waals surface area contributed by atoms with Crippen molar-refractivity contribution < 1.29 is 17.2 Å². The second-order valence-electron chi connectivity index (χ2n) is 6.15. The molecule has 2 aromatic rings. The van der Waals surface area contributed by atoms with E-state index >= 15 is 0 Å². The lowest BCUT2D eigenvalue weighted by Crippen LogP contribution is -2.48. The van der Waals surface area contributed by atoms with Gasteiger partial charge in [-0.05, 0) is 24.6 Å². The van der Waals surface area contributed by atoms with Gasteiger partial charge in [0.2, 0.25) is 10.0 Å². The number of benzene rings is 1. The van der Waals surface area contributed by atoms with Crippen molar-refractivity contribution >= 4 is 26.0 Å². The topological polar surface area (TPSA) is 58.4 Å². The van der Waals surface area contributed by atoms with Gasteiger partial charge in [-0.3, -0.25) is 4.90 Å². The fourth-order valence-electron chi connectivity index (χ4n) is 2.98. The monoisotopic (exact) mass is 448 g/mol. The molecule has 10 heteroatoms. The molecule has 1 saturated heterocycles. The Hall–Kier alpha value is -1.36. The first kappa shape index (κ1) is 19.4. The summed E-state index contributed by atoms with van der Waals surface area (Å²) in [4.78, 5) is 2.02. The van der Waals surface area contributed by atoms with Crippen LogP contribution in [0.1, 0.15) is 17.8 Å². The normalized spacial score (nSPS) is 17.1. The molecule has 3 rings (SSSR count). The lowest BCUT2D eigenvalue weighted by atomic mass is 10.2.